The first-order valence-corrected chi connectivity index (χ1v) is 8.72. The Labute approximate surface area is 120 Å². The van der Waals surface area contributed by atoms with Gasteiger partial charge in [-0.2, -0.15) is 0 Å². The highest BCUT2D eigenvalue weighted by Crippen LogP contribution is 2.36. The zero-order valence-corrected chi connectivity index (χ0v) is 13.1. The zero-order chi connectivity index (χ0) is 15.1. The Balaban J connectivity index is 2.15. The van der Waals surface area contributed by atoms with Crippen molar-refractivity contribution < 1.29 is 17.9 Å². The Kier molecular flexibility index (Phi) is 4.03. The average Bonchev–Trinajstić information content (AvgIpc) is 2.23. The summed E-state index contributed by atoms with van der Waals surface area (Å²) in [6.07, 6.45) is 3.18. The summed E-state index contributed by atoms with van der Waals surface area (Å²) in [5.41, 5.74) is -0.540. The Morgan fingerprint density at radius 3 is 2.10 bits per heavy atom. The Hall–Kier alpha value is -0.820. The number of carbonyl (C=O) groups is 1. The molecular formula is C13H24N2O4S. The van der Waals surface area contributed by atoms with Crippen LogP contribution >= 0.6 is 0 Å². The molecule has 0 aliphatic carbocycles. The summed E-state index contributed by atoms with van der Waals surface area (Å²) in [4.78, 5) is 14.1. The molecule has 2 heterocycles. The van der Waals surface area contributed by atoms with Gasteiger partial charge < -0.3 is 9.64 Å². The number of amides is 1. The molecular weight excluding hydrogens is 280 g/mol. The van der Waals surface area contributed by atoms with E-state index in [2.05, 4.69) is 0 Å². The summed E-state index contributed by atoms with van der Waals surface area (Å²) < 4.78 is 28.6. The number of sulfonamides is 1. The van der Waals surface area contributed by atoms with Crippen LogP contribution in [-0.4, -0.2) is 42.3 Å². The molecule has 0 aromatic carbocycles. The van der Waals surface area contributed by atoms with Crippen molar-refractivity contribution in [3.05, 3.63) is 0 Å². The van der Waals surface area contributed by atoms with Gasteiger partial charge in [0.15, 0.2) is 0 Å². The predicted molar refractivity (Wildman–Crippen MR) is 75.6 cm³/mol. The fourth-order valence-electron chi connectivity index (χ4n) is 3.21. The standard InChI is InChI=1S/C13H24N2O4S/c1-13(2,3)19-12(16)15-9-5-4-6-10(15)8-11(7-9)20(14,17)18/h9-11H,4-8H2,1-3H3,(H2,14,17,18)/t9-,10+,11-. The molecule has 2 saturated heterocycles. The van der Waals surface area contributed by atoms with E-state index in [1.54, 1.807) is 4.90 Å². The zero-order valence-electron chi connectivity index (χ0n) is 12.3. The lowest BCUT2D eigenvalue weighted by Crippen LogP contribution is -2.58. The van der Waals surface area contributed by atoms with Crippen molar-refractivity contribution in [1.82, 2.24) is 4.90 Å². The molecule has 2 N–H and O–H groups in total. The average molecular weight is 304 g/mol. The number of nitrogens with two attached hydrogens (primary N) is 1. The van der Waals surface area contributed by atoms with Gasteiger partial charge in [-0.15, -0.1) is 0 Å². The largest absolute Gasteiger partial charge is 0.444 e. The molecule has 0 spiro atoms. The number of carbonyl (C=O) groups excluding carboxylic acids is 1. The van der Waals surface area contributed by atoms with Crippen LogP contribution in [0.1, 0.15) is 52.9 Å². The summed E-state index contributed by atoms with van der Waals surface area (Å²) in [7, 11) is -3.53. The molecule has 0 aromatic heterocycles. The first kappa shape index (κ1) is 15.6. The molecule has 20 heavy (non-hydrogen) atoms. The molecule has 0 radical (unpaired) electrons. The van der Waals surface area contributed by atoms with E-state index in [0.29, 0.717) is 12.8 Å². The van der Waals surface area contributed by atoms with Gasteiger partial charge in [-0.3, -0.25) is 0 Å². The molecule has 0 unspecified atom stereocenters. The van der Waals surface area contributed by atoms with Gasteiger partial charge in [0.2, 0.25) is 10.0 Å². The van der Waals surface area contributed by atoms with E-state index in [9.17, 15) is 13.2 Å². The predicted octanol–water partition coefficient (Wildman–Crippen LogP) is 1.60. The molecule has 2 aliphatic heterocycles. The van der Waals surface area contributed by atoms with Crippen molar-refractivity contribution >= 4 is 16.1 Å². The molecule has 1 amide bonds. The van der Waals surface area contributed by atoms with Crippen LogP contribution in [-0.2, 0) is 14.8 Å². The number of nitrogens with zero attached hydrogens (tertiary/aromatic N) is 1. The van der Waals surface area contributed by atoms with E-state index in [-0.39, 0.29) is 18.2 Å². The summed E-state index contributed by atoms with van der Waals surface area (Å²) in [5, 5.41) is 4.74. The van der Waals surface area contributed by atoms with Crippen LogP contribution in [0.2, 0.25) is 0 Å². The number of hydrogen-bond donors (Lipinski definition) is 1. The number of piperidine rings is 2. The van der Waals surface area contributed by atoms with Gasteiger partial charge in [0.05, 0.1) is 5.25 Å². The van der Waals surface area contributed by atoms with E-state index >= 15 is 0 Å². The quantitative estimate of drug-likeness (QED) is 0.796. The lowest BCUT2D eigenvalue weighted by Gasteiger charge is -2.48. The van der Waals surface area contributed by atoms with Crippen LogP contribution in [0.15, 0.2) is 0 Å². The third kappa shape index (κ3) is 3.44. The molecule has 2 bridgehead atoms. The van der Waals surface area contributed by atoms with Crippen molar-refractivity contribution in [1.29, 1.82) is 0 Å². The van der Waals surface area contributed by atoms with Gasteiger partial charge in [-0.05, 0) is 52.9 Å². The van der Waals surface area contributed by atoms with Crippen LogP contribution in [0, 0.1) is 0 Å². The van der Waals surface area contributed by atoms with E-state index in [0.717, 1.165) is 19.3 Å². The minimum absolute atomic E-state index is 0.0688. The van der Waals surface area contributed by atoms with Crippen LogP contribution in [0.4, 0.5) is 4.79 Å². The maximum atomic E-state index is 12.3. The van der Waals surface area contributed by atoms with E-state index in [4.69, 9.17) is 9.88 Å². The summed E-state index contributed by atoms with van der Waals surface area (Å²) >= 11 is 0. The van der Waals surface area contributed by atoms with E-state index < -0.39 is 20.9 Å². The van der Waals surface area contributed by atoms with Crippen LogP contribution in [0.3, 0.4) is 0 Å². The molecule has 2 rings (SSSR count). The highest BCUT2D eigenvalue weighted by atomic mass is 32.2. The Morgan fingerprint density at radius 1 is 1.20 bits per heavy atom. The lowest BCUT2D eigenvalue weighted by atomic mass is 9.84. The highest BCUT2D eigenvalue weighted by molar-refractivity contribution is 7.89. The second-order valence-electron chi connectivity index (χ2n) is 6.81. The van der Waals surface area contributed by atoms with Crippen LogP contribution in [0.25, 0.3) is 0 Å². The van der Waals surface area contributed by atoms with E-state index in [1.807, 2.05) is 20.8 Å². The van der Waals surface area contributed by atoms with Crippen molar-refractivity contribution in [3.63, 3.8) is 0 Å². The third-order valence-corrected chi connectivity index (χ3v) is 5.31. The van der Waals surface area contributed by atoms with Gasteiger partial charge in [0.25, 0.3) is 0 Å². The summed E-state index contributed by atoms with van der Waals surface area (Å²) in [6, 6.07) is -0.138. The molecule has 3 atom stereocenters. The molecule has 6 nitrogen and oxygen atoms in total. The van der Waals surface area contributed by atoms with Crippen molar-refractivity contribution in [2.45, 2.75) is 75.8 Å². The Morgan fingerprint density at radius 2 is 1.70 bits per heavy atom. The molecule has 2 aliphatic rings. The van der Waals surface area contributed by atoms with Crippen molar-refractivity contribution in [3.8, 4) is 0 Å². The smallest absolute Gasteiger partial charge is 0.410 e. The van der Waals surface area contributed by atoms with Gasteiger partial charge in [0, 0.05) is 12.1 Å². The maximum absolute atomic E-state index is 12.3. The normalized spacial score (nSPS) is 31.0. The SMILES string of the molecule is CC(C)(C)OC(=O)N1[C@@H]2CCC[C@H]1C[C@H](S(N)(=O)=O)C2. The fraction of sp³-hybridized carbons (Fsp3) is 0.923. The van der Waals surface area contributed by atoms with Crippen molar-refractivity contribution in [2.24, 2.45) is 5.14 Å². The van der Waals surface area contributed by atoms with E-state index in [1.165, 1.54) is 0 Å². The number of hydrogen-bond acceptors (Lipinski definition) is 4. The fourth-order valence-corrected chi connectivity index (χ4v) is 4.19. The molecule has 2 fully saturated rings. The molecule has 7 heteroatoms. The monoisotopic (exact) mass is 304 g/mol. The van der Waals surface area contributed by atoms with Crippen LogP contribution in [0.5, 0.6) is 0 Å². The van der Waals surface area contributed by atoms with Gasteiger partial charge in [-0.25, -0.2) is 18.4 Å². The minimum atomic E-state index is -3.53. The van der Waals surface area contributed by atoms with Crippen molar-refractivity contribution in [2.75, 3.05) is 0 Å². The number of rotatable bonds is 1. The second-order valence-corrected chi connectivity index (χ2v) is 8.65. The van der Waals surface area contributed by atoms with Gasteiger partial charge in [0.1, 0.15) is 5.60 Å². The molecule has 0 aromatic rings. The summed E-state index contributed by atoms with van der Waals surface area (Å²) in [5.74, 6) is 0. The second kappa shape index (κ2) is 5.18. The number of ether oxygens (including phenoxy) is 1. The lowest BCUT2D eigenvalue weighted by molar-refractivity contribution is -0.0175. The third-order valence-electron chi connectivity index (χ3n) is 4.00. The number of fused-ring (bicyclic) bond motifs is 2. The van der Waals surface area contributed by atoms with Gasteiger partial charge in [-0.1, -0.05) is 0 Å². The number of primary sulfonamides is 1. The van der Waals surface area contributed by atoms with Gasteiger partial charge >= 0.3 is 6.09 Å². The maximum Gasteiger partial charge on any atom is 0.410 e. The highest BCUT2D eigenvalue weighted by Gasteiger charge is 2.45. The first-order chi connectivity index (χ1) is 9.08. The minimum Gasteiger partial charge on any atom is -0.444 e. The van der Waals surface area contributed by atoms with Crippen LogP contribution < -0.4 is 5.14 Å². The first-order valence-electron chi connectivity index (χ1n) is 7.11. The summed E-state index contributed by atoms with van der Waals surface area (Å²) in [6.45, 7) is 5.49. The topological polar surface area (TPSA) is 89.7 Å². The molecule has 116 valence electrons. The Bertz CT molecular complexity index is 469. The molecule has 0 saturated carbocycles.